The van der Waals surface area contributed by atoms with Crippen molar-refractivity contribution < 1.29 is 4.79 Å². The highest BCUT2D eigenvalue weighted by Crippen LogP contribution is 2.34. The molecule has 0 bridgehead atoms. The van der Waals surface area contributed by atoms with Crippen molar-refractivity contribution in [3.8, 4) is 0 Å². The molecule has 3 N–H and O–H groups in total. The van der Waals surface area contributed by atoms with Crippen LogP contribution in [0.3, 0.4) is 0 Å². The number of amides is 1. The summed E-state index contributed by atoms with van der Waals surface area (Å²) in [4.78, 5) is 28.2. The van der Waals surface area contributed by atoms with Crippen LogP contribution in [0.2, 0.25) is 5.02 Å². The minimum atomic E-state index is -0.157. The van der Waals surface area contributed by atoms with Gasteiger partial charge in [-0.3, -0.25) is 9.78 Å². The first-order valence-electron chi connectivity index (χ1n) is 15.7. The van der Waals surface area contributed by atoms with E-state index in [0.717, 1.165) is 61.9 Å². The lowest BCUT2D eigenvalue weighted by Crippen LogP contribution is -2.48. The Morgan fingerprint density at radius 1 is 1.11 bits per heavy atom. The molecule has 0 aliphatic heterocycles. The standard InChI is InChI=1S/C35H44ClN7O/c1-35(39-23-27-17-18-28(22-37-27)40-32(44)16-10-20-43(2)3)19-9-13-26(21-35)41-34-38-24-31(36)33(42-34)30-15-6-4-5-11-25-12-7-8-14-29(25)30/h7-8,10,12,14-18,22,24,26,39H,4-6,9,11,13,19-21,23H2,1-3H3,(H,40,44)(H,38,41,42)/b16-10+,30-15+/t26-,35+/m1/s1. The van der Waals surface area contributed by atoms with Crippen molar-refractivity contribution in [3.05, 3.63) is 94.6 Å². The van der Waals surface area contributed by atoms with Crippen molar-refractivity contribution >= 4 is 34.7 Å². The van der Waals surface area contributed by atoms with Gasteiger partial charge < -0.3 is 20.9 Å². The van der Waals surface area contributed by atoms with Gasteiger partial charge in [0.2, 0.25) is 11.9 Å². The first kappa shape index (κ1) is 31.8. The molecule has 1 amide bonds. The van der Waals surface area contributed by atoms with Crippen LogP contribution in [0.15, 0.2) is 67.0 Å². The number of pyridine rings is 1. The third kappa shape index (κ3) is 8.74. The number of anilines is 2. The monoisotopic (exact) mass is 613 g/mol. The normalized spacial score (nSPS) is 21.7. The van der Waals surface area contributed by atoms with Gasteiger partial charge in [0.15, 0.2) is 0 Å². The summed E-state index contributed by atoms with van der Waals surface area (Å²) in [5, 5.41) is 10.8. The number of nitrogens with one attached hydrogen (secondary N) is 3. The van der Waals surface area contributed by atoms with E-state index < -0.39 is 0 Å². The largest absolute Gasteiger partial charge is 0.351 e. The molecule has 2 aromatic heterocycles. The Morgan fingerprint density at radius 3 is 2.80 bits per heavy atom. The average Bonchev–Trinajstić information content (AvgIpc) is 2.99. The van der Waals surface area contributed by atoms with Crippen LogP contribution in [0.25, 0.3) is 5.57 Å². The summed E-state index contributed by atoms with van der Waals surface area (Å²) in [6.07, 6.45) is 17.7. The number of nitrogens with zero attached hydrogens (tertiary/aromatic N) is 4. The van der Waals surface area contributed by atoms with Gasteiger partial charge in [-0.15, -0.1) is 0 Å². The number of carbonyl (C=O) groups is 1. The third-order valence-corrected chi connectivity index (χ3v) is 8.67. The van der Waals surface area contributed by atoms with Gasteiger partial charge in [0, 0.05) is 36.3 Å². The Kier molecular flexibility index (Phi) is 10.8. The topological polar surface area (TPSA) is 95.1 Å². The van der Waals surface area contributed by atoms with Gasteiger partial charge in [-0.1, -0.05) is 48.0 Å². The lowest BCUT2D eigenvalue weighted by molar-refractivity contribution is -0.111. The van der Waals surface area contributed by atoms with Crippen LogP contribution in [-0.4, -0.2) is 58.0 Å². The second-order valence-electron chi connectivity index (χ2n) is 12.5. The van der Waals surface area contributed by atoms with E-state index in [4.69, 9.17) is 16.6 Å². The van der Waals surface area contributed by atoms with E-state index in [-0.39, 0.29) is 17.5 Å². The number of benzene rings is 1. The number of carbonyl (C=O) groups excluding carboxylic acids is 1. The number of aryl methyl sites for hydroxylation is 1. The molecule has 2 heterocycles. The molecule has 2 atom stereocenters. The Balaban J connectivity index is 1.19. The molecular weight excluding hydrogens is 570 g/mol. The summed E-state index contributed by atoms with van der Waals surface area (Å²) in [6.45, 7) is 3.64. The molecule has 1 fully saturated rings. The molecule has 1 saturated carbocycles. The molecule has 2 aliphatic carbocycles. The zero-order valence-corrected chi connectivity index (χ0v) is 26.8. The van der Waals surface area contributed by atoms with E-state index in [0.29, 0.717) is 29.7 Å². The fourth-order valence-electron chi connectivity index (χ4n) is 6.08. The van der Waals surface area contributed by atoms with Crippen molar-refractivity contribution in [1.82, 2.24) is 25.2 Å². The number of hydrogen-bond donors (Lipinski definition) is 3. The fraction of sp³-hybridized carbons (Fsp3) is 0.429. The fourth-order valence-corrected chi connectivity index (χ4v) is 6.27. The van der Waals surface area contributed by atoms with Gasteiger partial charge in [-0.05, 0) is 95.6 Å². The summed E-state index contributed by atoms with van der Waals surface area (Å²) in [7, 11) is 3.92. The van der Waals surface area contributed by atoms with Gasteiger partial charge in [0.05, 0.1) is 34.5 Å². The van der Waals surface area contributed by atoms with E-state index >= 15 is 0 Å². The lowest BCUT2D eigenvalue weighted by atomic mass is 9.80. The molecule has 0 spiro atoms. The number of hydrogen-bond acceptors (Lipinski definition) is 7. The van der Waals surface area contributed by atoms with E-state index in [1.165, 1.54) is 17.5 Å². The van der Waals surface area contributed by atoms with Crippen LogP contribution in [0.4, 0.5) is 11.6 Å². The molecule has 8 nitrogen and oxygen atoms in total. The smallest absolute Gasteiger partial charge is 0.248 e. The zero-order valence-electron chi connectivity index (χ0n) is 26.1. The molecule has 5 rings (SSSR count). The van der Waals surface area contributed by atoms with Crippen LogP contribution in [-0.2, 0) is 17.8 Å². The zero-order chi connectivity index (χ0) is 30.9. The van der Waals surface area contributed by atoms with Gasteiger partial charge in [0.1, 0.15) is 0 Å². The second-order valence-corrected chi connectivity index (χ2v) is 12.9. The lowest BCUT2D eigenvalue weighted by Gasteiger charge is -2.39. The first-order valence-corrected chi connectivity index (χ1v) is 16.1. The average molecular weight is 614 g/mol. The van der Waals surface area contributed by atoms with Gasteiger partial charge in [-0.2, -0.15) is 0 Å². The van der Waals surface area contributed by atoms with Crippen molar-refractivity contribution in [2.75, 3.05) is 31.3 Å². The van der Waals surface area contributed by atoms with Crippen LogP contribution in [0.1, 0.15) is 74.4 Å². The van der Waals surface area contributed by atoms with Crippen molar-refractivity contribution in [3.63, 3.8) is 0 Å². The van der Waals surface area contributed by atoms with Crippen molar-refractivity contribution in [1.29, 1.82) is 0 Å². The van der Waals surface area contributed by atoms with Gasteiger partial charge in [-0.25, -0.2) is 9.97 Å². The predicted octanol–water partition coefficient (Wildman–Crippen LogP) is 6.64. The highest BCUT2D eigenvalue weighted by Gasteiger charge is 2.32. The molecule has 0 saturated heterocycles. The molecule has 44 heavy (non-hydrogen) atoms. The van der Waals surface area contributed by atoms with Crippen molar-refractivity contribution in [2.45, 2.75) is 76.4 Å². The molecule has 0 radical (unpaired) electrons. The molecule has 9 heteroatoms. The number of aromatic nitrogens is 3. The SMILES string of the molecule is CN(C)C/C=C/C(=O)Nc1ccc(CN[C@@]2(C)CCC[C@@H](Nc3ncc(Cl)c(/C4=C/CCCCc5ccccc54)n3)C2)nc1. The van der Waals surface area contributed by atoms with Crippen LogP contribution >= 0.6 is 11.6 Å². The Bertz CT molecular complexity index is 1490. The minimum Gasteiger partial charge on any atom is -0.351 e. The van der Waals surface area contributed by atoms with Crippen LogP contribution < -0.4 is 16.0 Å². The van der Waals surface area contributed by atoms with Gasteiger partial charge >= 0.3 is 0 Å². The maximum Gasteiger partial charge on any atom is 0.248 e. The minimum absolute atomic E-state index is 0.0576. The van der Waals surface area contributed by atoms with Crippen LogP contribution in [0, 0.1) is 0 Å². The Hall–Kier alpha value is -3.59. The van der Waals surface area contributed by atoms with E-state index in [1.54, 1.807) is 18.5 Å². The third-order valence-electron chi connectivity index (χ3n) is 8.40. The quantitative estimate of drug-likeness (QED) is 0.221. The summed E-state index contributed by atoms with van der Waals surface area (Å²) < 4.78 is 0. The first-order chi connectivity index (χ1) is 21.3. The number of likely N-dealkylation sites (N-methyl/N-ethyl adjacent to an activating group) is 1. The summed E-state index contributed by atoms with van der Waals surface area (Å²) in [5.41, 5.74) is 6.02. The molecule has 0 unspecified atom stereocenters. The number of rotatable bonds is 10. The maximum absolute atomic E-state index is 12.1. The maximum atomic E-state index is 12.1. The van der Waals surface area contributed by atoms with Crippen molar-refractivity contribution in [2.24, 2.45) is 0 Å². The van der Waals surface area contributed by atoms with Gasteiger partial charge in [0.25, 0.3) is 0 Å². The number of allylic oxidation sites excluding steroid dienone is 1. The highest BCUT2D eigenvalue weighted by molar-refractivity contribution is 6.32. The Morgan fingerprint density at radius 2 is 1.98 bits per heavy atom. The number of fused-ring (bicyclic) bond motifs is 1. The molecule has 1 aromatic carbocycles. The number of halogens is 1. The summed E-state index contributed by atoms with van der Waals surface area (Å²) in [6, 6.07) is 12.7. The molecular formula is C35H44ClN7O. The summed E-state index contributed by atoms with van der Waals surface area (Å²) in [5.74, 6) is 0.464. The summed E-state index contributed by atoms with van der Waals surface area (Å²) >= 11 is 6.71. The molecule has 3 aromatic rings. The molecule has 232 valence electrons. The van der Waals surface area contributed by atoms with E-state index in [2.05, 4.69) is 63.2 Å². The van der Waals surface area contributed by atoms with E-state index in [9.17, 15) is 4.79 Å². The highest BCUT2D eigenvalue weighted by atomic mass is 35.5. The van der Waals surface area contributed by atoms with Crippen LogP contribution in [0.5, 0.6) is 0 Å². The van der Waals surface area contributed by atoms with E-state index in [1.807, 2.05) is 37.2 Å². The predicted molar refractivity (Wildman–Crippen MR) is 180 cm³/mol. The Labute approximate surface area is 266 Å². The molecule has 2 aliphatic rings. The second kappa shape index (κ2) is 14.9.